The van der Waals surface area contributed by atoms with Crippen molar-refractivity contribution in [2.45, 2.75) is 12.8 Å². The van der Waals surface area contributed by atoms with E-state index >= 15 is 0 Å². The first kappa shape index (κ1) is 17.1. The smallest absolute Gasteiger partial charge is 0.229 e. The maximum Gasteiger partial charge on any atom is 0.229 e. The number of halogens is 2. The molecule has 0 aliphatic carbocycles. The molecule has 0 amide bonds. The van der Waals surface area contributed by atoms with E-state index in [4.69, 9.17) is 22.1 Å². The van der Waals surface area contributed by atoms with Gasteiger partial charge >= 0.3 is 0 Å². The summed E-state index contributed by atoms with van der Waals surface area (Å²) in [5.74, 6) is -0.596. The number of hydrogen-bond acceptors (Lipinski definition) is 4. The molecule has 0 spiro atoms. The molecule has 5 nitrogen and oxygen atoms in total. The van der Waals surface area contributed by atoms with Gasteiger partial charge in [0.2, 0.25) is 11.8 Å². The summed E-state index contributed by atoms with van der Waals surface area (Å²) in [5.41, 5.74) is 8.88. The predicted octanol–water partition coefficient (Wildman–Crippen LogP) is 4.19. The molecule has 134 valence electrons. The van der Waals surface area contributed by atoms with Crippen LogP contribution in [0.15, 0.2) is 60.0 Å². The maximum atomic E-state index is 13.8. The highest BCUT2D eigenvalue weighted by atomic mass is 35.5. The molecule has 1 aliphatic heterocycles. The first-order valence-corrected chi connectivity index (χ1v) is 8.56. The van der Waals surface area contributed by atoms with Crippen LogP contribution in [-0.4, -0.2) is 9.78 Å². The number of benzene rings is 2. The molecule has 4 rings (SSSR count). The fourth-order valence-corrected chi connectivity index (χ4v) is 3.50. The molecule has 1 aliphatic rings. The molecule has 1 atom stereocenters. The quantitative estimate of drug-likeness (QED) is 0.723. The lowest BCUT2D eigenvalue weighted by Gasteiger charge is -2.24. The number of aryl methyl sites for hydroxylation is 1. The Morgan fingerprint density at radius 1 is 1.26 bits per heavy atom. The van der Waals surface area contributed by atoms with Crippen LogP contribution in [0.3, 0.4) is 0 Å². The second-order valence-corrected chi connectivity index (χ2v) is 6.61. The van der Waals surface area contributed by atoms with Gasteiger partial charge in [0.15, 0.2) is 0 Å². The number of ether oxygens (including phenoxy) is 1. The number of fused-ring (bicyclic) bond motifs is 1. The van der Waals surface area contributed by atoms with Gasteiger partial charge in [0.25, 0.3) is 0 Å². The van der Waals surface area contributed by atoms with E-state index in [1.807, 2.05) is 13.0 Å². The standard InChI is InChI=1S/C20H14ClFN4O/c1-11-17-18(12-4-2-6-14(22)8-12)16(10-23)19(24)27-20(17)26(25-11)15-7-3-5-13(21)9-15/h2-9,18H,24H2,1H3. The summed E-state index contributed by atoms with van der Waals surface area (Å²) in [6.45, 7) is 1.81. The van der Waals surface area contributed by atoms with Gasteiger partial charge in [0.1, 0.15) is 17.5 Å². The third-order valence-corrected chi connectivity index (χ3v) is 4.70. The molecule has 27 heavy (non-hydrogen) atoms. The summed E-state index contributed by atoms with van der Waals surface area (Å²) in [5, 5.41) is 14.7. The summed E-state index contributed by atoms with van der Waals surface area (Å²) >= 11 is 6.10. The van der Waals surface area contributed by atoms with Gasteiger partial charge in [-0.1, -0.05) is 29.8 Å². The van der Waals surface area contributed by atoms with E-state index in [9.17, 15) is 9.65 Å². The van der Waals surface area contributed by atoms with Crippen LogP contribution in [0.2, 0.25) is 5.02 Å². The van der Waals surface area contributed by atoms with Crippen LogP contribution in [0.4, 0.5) is 4.39 Å². The van der Waals surface area contributed by atoms with Gasteiger partial charge in [0, 0.05) is 5.02 Å². The number of nitrogens with two attached hydrogens (primary N) is 1. The van der Waals surface area contributed by atoms with Crippen LogP contribution in [0.1, 0.15) is 22.7 Å². The highest BCUT2D eigenvalue weighted by Gasteiger charge is 2.36. The van der Waals surface area contributed by atoms with E-state index in [2.05, 4.69) is 11.2 Å². The van der Waals surface area contributed by atoms with E-state index in [1.165, 1.54) is 12.1 Å². The lowest BCUT2D eigenvalue weighted by atomic mass is 9.84. The number of aromatic nitrogens is 2. The van der Waals surface area contributed by atoms with Gasteiger partial charge in [-0.25, -0.2) is 9.07 Å². The van der Waals surface area contributed by atoms with Crippen LogP contribution < -0.4 is 10.5 Å². The van der Waals surface area contributed by atoms with Crippen molar-refractivity contribution < 1.29 is 9.13 Å². The Labute approximate surface area is 160 Å². The van der Waals surface area contributed by atoms with Gasteiger partial charge in [-0.2, -0.15) is 10.4 Å². The molecular weight excluding hydrogens is 367 g/mol. The van der Waals surface area contributed by atoms with Gasteiger partial charge in [-0.3, -0.25) is 0 Å². The Bertz CT molecular complexity index is 1130. The zero-order valence-electron chi connectivity index (χ0n) is 14.3. The lowest BCUT2D eigenvalue weighted by Crippen LogP contribution is -2.22. The molecule has 1 aromatic heterocycles. The minimum Gasteiger partial charge on any atom is -0.422 e. The van der Waals surface area contributed by atoms with Crippen molar-refractivity contribution in [2.75, 3.05) is 0 Å². The normalized spacial score (nSPS) is 15.9. The second-order valence-electron chi connectivity index (χ2n) is 6.18. The number of allylic oxidation sites excluding steroid dienone is 1. The molecule has 0 fully saturated rings. The fourth-order valence-electron chi connectivity index (χ4n) is 3.32. The average molecular weight is 381 g/mol. The molecule has 0 saturated carbocycles. The lowest BCUT2D eigenvalue weighted by molar-refractivity contribution is 0.367. The van der Waals surface area contributed by atoms with E-state index in [0.717, 1.165) is 0 Å². The maximum absolute atomic E-state index is 13.8. The van der Waals surface area contributed by atoms with Crippen molar-refractivity contribution >= 4 is 11.6 Å². The van der Waals surface area contributed by atoms with Crippen LogP contribution in [0.25, 0.3) is 5.69 Å². The monoisotopic (exact) mass is 380 g/mol. The summed E-state index contributed by atoms with van der Waals surface area (Å²) in [7, 11) is 0. The van der Waals surface area contributed by atoms with Gasteiger partial charge in [0.05, 0.1) is 22.9 Å². The zero-order valence-corrected chi connectivity index (χ0v) is 15.0. The number of nitrogens with zero attached hydrogens (tertiary/aromatic N) is 3. The number of rotatable bonds is 2. The summed E-state index contributed by atoms with van der Waals surface area (Å²) < 4.78 is 21.2. The largest absolute Gasteiger partial charge is 0.422 e. The Kier molecular flexibility index (Phi) is 4.09. The Balaban J connectivity index is 1.97. The molecule has 2 heterocycles. The van der Waals surface area contributed by atoms with Crippen LogP contribution >= 0.6 is 11.6 Å². The average Bonchev–Trinajstić information content (AvgIpc) is 2.96. The molecule has 2 N–H and O–H groups in total. The van der Waals surface area contributed by atoms with Crippen molar-refractivity contribution in [3.05, 3.63) is 87.6 Å². The van der Waals surface area contributed by atoms with Crippen LogP contribution in [-0.2, 0) is 0 Å². The Morgan fingerprint density at radius 3 is 2.74 bits per heavy atom. The van der Waals surface area contributed by atoms with Crippen molar-refractivity contribution in [1.82, 2.24) is 9.78 Å². The SMILES string of the molecule is Cc1nn(-c2cccc(Cl)c2)c2c1C(c1cccc(F)c1)C(C#N)=C(N)O2. The van der Waals surface area contributed by atoms with Gasteiger partial charge in [-0.05, 0) is 42.8 Å². The molecule has 0 bridgehead atoms. The zero-order chi connectivity index (χ0) is 19.1. The highest BCUT2D eigenvalue weighted by molar-refractivity contribution is 6.30. The number of hydrogen-bond donors (Lipinski definition) is 1. The van der Waals surface area contributed by atoms with Crippen molar-refractivity contribution in [3.63, 3.8) is 0 Å². The van der Waals surface area contributed by atoms with Gasteiger partial charge < -0.3 is 10.5 Å². The van der Waals surface area contributed by atoms with Gasteiger partial charge in [-0.15, -0.1) is 0 Å². The van der Waals surface area contributed by atoms with Crippen LogP contribution in [0.5, 0.6) is 5.88 Å². The Hall–Kier alpha value is -3.30. The van der Waals surface area contributed by atoms with Crippen molar-refractivity contribution in [1.29, 1.82) is 5.26 Å². The van der Waals surface area contributed by atoms with Crippen LogP contribution in [0, 0.1) is 24.1 Å². The molecular formula is C20H14ClFN4O. The van der Waals surface area contributed by atoms with E-state index in [1.54, 1.807) is 35.0 Å². The first-order valence-electron chi connectivity index (χ1n) is 8.18. The first-order chi connectivity index (χ1) is 13.0. The van der Waals surface area contributed by atoms with E-state index < -0.39 is 11.7 Å². The van der Waals surface area contributed by atoms with E-state index in [-0.39, 0.29) is 11.5 Å². The minimum absolute atomic E-state index is 0.0255. The fraction of sp³-hybridized carbons (Fsp3) is 0.100. The molecule has 1 unspecified atom stereocenters. The summed E-state index contributed by atoms with van der Waals surface area (Å²) in [4.78, 5) is 0. The second kappa shape index (κ2) is 6.45. The minimum atomic E-state index is -0.567. The summed E-state index contributed by atoms with van der Waals surface area (Å²) in [6, 6.07) is 15.3. The molecule has 7 heteroatoms. The topological polar surface area (TPSA) is 76.9 Å². The Morgan fingerprint density at radius 2 is 2.04 bits per heavy atom. The molecule has 0 radical (unpaired) electrons. The molecule has 0 saturated heterocycles. The summed E-state index contributed by atoms with van der Waals surface area (Å²) in [6.07, 6.45) is 0. The van der Waals surface area contributed by atoms with E-state index in [0.29, 0.717) is 33.4 Å². The third kappa shape index (κ3) is 2.82. The third-order valence-electron chi connectivity index (χ3n) is 4.47. The van der Waals surface area contributed by atoms with Crippen molar-refractivity contribution in [3.8, 4) is 17.6 Å². The predicted molar refractivity (Wildman–Crippen MR) is 99.0 cm³/mol. The highest BCUT2D eigenvalue weighted by Crippen LogP contribution is 2.44. The molecule has 2 aromatic carbocycles. The molecule has 3 aromatic rings. The number of nitriles is 1. The van der Waals surface area contributed by atoms with Crippen molar-refractivity contribution in [2.24, 2.45) is 5.73 Å².